The van der Waals surface area contributed by atoms with Gasteiger partial charge in [0.2, 0.25) is 15.9 Å². The van der Waals surface area contributed by atoms with Crippen LogP contribution in [0.25, 0.3) is 0 Å². The Balaban J connectivity index is 1.57. The molecule has 3 atom stereocenters. The molecule has 3 rings (SSSR count). The van der Waals surface area contributed by atoms with Crippen LogP contribution in [-0.2, 0) is 26.1 Å². The van der Waals surface area contributed by atoms with E-state index in [1.807, 2.05) is 24.3 Å². The van der Waals surface area contributed by atoms with Gasteiger partial charge in [-0.15, -0.1) is 0 Å². The highest BCUT2D eigenvalue weighted by Gasteiger charge is 2.31. The summed E-state index contributed by atoms with van der Waals surface area (Å²) in [7, 11) is -0.845. The molecule has 0 spiro atoms. The summed E-state index contributed by atoms with van der Waals surface area (Å²) in [6, 6.07) is 12.6. The lowest BCUT2D eigenvalue weighted by Crippen LogP contribution is -2.49. The first-order valence-electron chi connectivity index (χ1n) is 10.3. The molecule has 0 saturated carbocycles. The lowest BCUT2D eigenvalue weighted by Gasteiger charge is -2.31. The van der Waals surface area contributed by atoms with Crippen LogP contribution in [0.3, 0.4) is 0 Å². The van der Waals surface area contributed by atoms with Crippen molar-refractivity contribution in [3.8, 4) is 11.5 Å². The molecule has 1 heterocycles. The Bertz CT molecular complexity index is 1070. The smallest absolute Gasteiger partial charge is 0.241 e. The van der Waals surface area contributed by atoms with Crippen LogP contribution in [0.5, 0.6) is 11.5 Å². The van der Waals surface area contributed by atoms with Crippen molar-refractivity contribution >= 4 is 15.9 Å². The third-order valence-electron chi connectivity index (χ3n) is 5.14. The van der Waals surface area contributed by atoms with E-state index in [9.17, 15) is 18.3 Å². The Morgan fingerprint density at radius 3 is 2.45 bits per heavy atom. The van der Waals surface area contributed by atoms with Gasteiger partial charge in [-0.3, -0.25) is 4.79 Å². The van der Waals surface area contributed by atoms with Crippen LogP contribution >= 0.6 is 0 Å². The zero-order valence-corrected chi connectivity index (χ0v) is 19.2. The average Bonchev–Trinajstić information content (AvgIpc) is 2.83. The van der Waals surface area contributed by atoms with E-state index in [1.54, 1.807) is 31.4 Å². The third-order valence-corrected chi connectivity index (χ3v) is 6.60. The number of nitrogens with one attached hydrogen (secondary N) is 2. The van der Waals surface area contributed by atoms with E-state index in [-0.39, 0.29) is 17.2 Å². The van der Waals surface area contributed by atoms with Gasteiger partial charge in [-0.1, -0.05) is 30.4 Å². The fraction of sp³-hybridized carbons (Fsp3) is 0.348. The van der Waals surface area contributed by atoms with E-state index in [2.05, 4.69) is 10.0 Å². The van der Waals surface area contributed by atoms with Gasteiger partial charge in [-0.25, -0.2) is 13.1 Å². The number of methoxy groups -OCH3 is 2. The zero-order valence-electron chi connectivity index (χ0n) is 18.4. The largest absolute Gasteiger partial charge is 0.497 e. The van der Waals surface area contributed by atoms with Crippen molar-refractivity contribution in [2.45, 2.75) is 36.1 Å². The Morgan fingerprint density at radius 2 is 1.79 bits per heavy atom. The van der Waals surface area contributed by atoms with Crippen molar-refractivity contribution in [3.63, 3.8) is 0 Å². The second-order valence-corrected chi connectivity index (χ2v) is 9.15. The topological polar surface area (TPSA) is 123 Å². The number of aliphatic hydroxyl groups is 1. The normalized spacial score (nSPS) is 20.3. The van der Waals surface area contributed by atoms with E-state index in [4.69, 9.17) is 14.2 Å². The van der Waals surface area contributed by atoms with Crippen molar-refractivity contribution in [2.24, 2.45) is 0 Å². The Labute approximate surface area is 193 Å². The molecule has 33 heavy (non-hydrogen) atoms. The van der Waals surface area contributed by atoms with Crippen molar-refractivity contribution < 1.29 is 32.5 Å². The highest BCUT2D eigenvalue weighted by Crippen LogP contribution is 2.21. The summed E-state index contributed by atoms with van der Waals surface area (Å²) < 4.78 is 44.0. The maximum atomic E-state index is 12.7. The molecule has 0 bridgehead atoms. The van der Waals surface area contributed by atoms with Crippen LogP contribution in [0.2, 0.25) is 0 Å². The SMILES string of the molecule is COc1ccc(CNC(=O)C[C@H]2C=C[C@@H](NS(=O)(=O)c3cccc(OC)c3)[C@H](CO)O2)cc1. The summed E-state index contributed by atoms with van der Waals surface area (Å²) in [6.07, 6.45) is 1.84. The Morgan fingerprint density at radius 1 is 1.06 bits per heavy atom. The molecule has 0 aromatic heterocycles. The molecule has 10 heteroatoms. The molecule has 0 aliphatic carbocycles. The van der Waals surface area contributed by atoms with Gasteiger partial charge >= 0.3 is 0 Å². The van der Waals surface area contributed by atoms with Gasteiger partial charge in [0.05, 0.1) is 44.3 Å². The van der Waals surface area contributed by atoms with Crippen molar-refractivity contribution in [1.29, 1.82) is 0 Å². The quantitative estimate of drug-likeness (QED) is 0.443. The Kier molecular flexibility index (Phi) is 8.45. The number of carbonyl (C=O) groups is 1. The summed E-state index contributed by atoms with van der Waals surface area (Å²) >= 11 is 0. The van der Waals surface area contributed by atoms with Gasteiger partial charge in [0.15, 0.2) is 0 Å². The van der Waals surface area contributed by atoms with E-state index >= 15 is 0 Å². The second-order valence-electron chi connectivity index (χ2n) is 7.44. The van der Waals surface area contributed by atoms with E-state index in [0.717, 1.165) is 11.3 Å². The lowest BCUT2D eigenvalue weighted by molar-refractivity contribution is -0.125. The lowest BCUT2D eigenvalue weighted by atomic mass is 10.1. The summed E-state index contributed by atoms with van der Waals surface area (Å²) in [5, 5.41) is 12.6. The maximum Gasteiger partial charge on any atom is 0.241 e. The molecule has 0 fully saturated rings. The number of hydrogen-bond acceptors (Lipinski definition) is 7. The van der Waals surface area contributed by atoms with Crippen LogP contribution < -0.4 is 19.5 Å². The minimum atomic E-state index is -3.88. The van der Waals surface area contributed by atoms with Crippen LogP contribution in [0, 0.1) is 0 Å². The predicted molar refractivity (Wildman–Crippen MR) is 121 cm³/mol. The third kappa shape index (κ3) is 6.78. The molecular formula is C23H28N2O7S. The van der Waals surface area contributed by atoms with E-state index in [1.165, 1.54) is 19.2 Å². The number of ether oxygens (including phenoxy) is 3. The molecule has 1 amide bonds. The average molecular weight is 477 g/mol. The van der Waals surface area contributed by atoms with Crippen molar-refractivity contribution in [1.82, 2.24) is 10.0 Å². The van der Waals surface area contributed by atoms with Gasteiger partial charge in [-0.05, 0) is 29.8 Å². The molecule has 178 valence electrons. The fourth-order valence-corrected chi connectivity index (χ4v) is 4.58. The maximum absolute atomic E-state index is 12.7. The first kappa shape index (κ1) is 24.7. The number of sulfonamides is 1. The highest BCUT2D eigenvalue weighted by atomic mass is 32.2. The van der Waals surface area contributed by atoms with Gasteiger partial charge in [0.1, 0.15) is 17.6 Å². The Hall–Kier alpha value is -2.92. The molecule has 0 unspecified atom stereocenters. The molecule has 9 nitrogen and oxygen atoms in total. The number of amides is 1. The molecule has 2 aromatic carbocycles. The number of carbonyl (C=O) groups excluding carboxylic acids is 1. The minimum Gasteiger partial charge on any atom is -0.497 e. The molecule has 1 aliphatic rings. The molecule has 0 saturated heterocycles. The predicted octanol–water partition coefficient (Wildman–Crippen LogP) is 1.37. The monoisotopic (exact) mass is 476 g/mol. The van der Waals surface area contributed by atoms with Crippen molar-refractivity contribution in [2.75, 3.05) is 20.8 Å². The molecular weight excluding hydrogens is 448 g/mol. The molecule has 0 radical (unpaired) electrons. The van der Waals surface area contributed by atoms with Gasteiger partial charge < -0.3 is 24.6 Å². The summed E-state index contributed by atoms with van der Waals surface area (Å²) in [6.45, 7) is -0.0642. The molecule has 2 aromatic rings. The minimum absolute atomic E-state index is 0.0342. The number of hydrogen-bond donors (Lipinski definition) is 3. The van der Waals surface area contributed by atoms with Gasteiger partial charge in [0.25, 0.3) is 0 Å². The van der Waals surface area contributed by atoms with Crippen molar-refractivity contribution in [3.05, 3.63) is 66.2 Å². The van der Waals surface area contributed by atoms with Gasteiger partial charge in [0, 0.05) is 12.6 Å². The standard InChI is InChI=1S/C23H28N2O7S/c1-30-17-8-6-16(7-9-17)14-24-23(27)13-19-10-11-21(22(15-26)32-19)25-33(28,29)20-5-3-4-18(12-20)31-2/h3-12,19,21-22,25-26H,13-15H2,1-2H3,(H,24,27)/t19-,21-,22+/m1/s1. The number of rotatable bonds is 10. The molecule has 3 N–H and O–H groups in total. The van der Waals surface area contributed by atoms with E-state index < -0.39 is 34.9 Å². The summed E-state index contributed by atoms with van der Waals surface area (Å²) in [5.41, 5.74) is 0.921. The highest BCUT2D eigenvalue weighted by molar-refractivity contribution is 7.89. The van der Waals surface area contributed by atoms with Crippen LogP contribution in [-0.4, -0.2) is 58.5 Å². The first-order valence-corrected chi connectivity index (χ1v) is 11.8. The number of benzene rings is 2. The number of aliphatic hydroxyl groups excluding tert-OH is 1. The summed E-state index contributed by atoms with van der Waals surface area (Å²) in [5.74, 6) is 0.915. The second kappa shape index (κ2) is 11.3. The van der Waals surface area contributed by atoms with Crippen LogP contribution in [0.4, 0.5) is 0 Å². The van der Waals surface area contributed by atoms with Crippen LogP contribution in [0.1, 0.15) is 12.0 Å². The summed E-state index contributed by atoms with van der Waals surface area (Å²) in [4.78, 5) is 12.4. The zero-order chi connectivity index (χ0) is 23.8. The van der Waals surface area contributed by atoms with Crippen LogP contribution in [0.15, 0.2) is 65.6 Å². The molecule has 1 aliphatic heterocycles. The fourth-order valence-electron chi connectivity index (χ4n) is 3.32. The first-order chi connectivity index (χ1) is 15.8. The van der Waals surface area contributed by atoms with E-state index in [0.29, 0.717) is 12.3 Å². The van der Waals surface area contributed by atoms with Gasteiger partial charge in [-0.2, -0.15) is 0 Å².